The van der Waals surface area contributed by atoms with Gasteiger partial charge in [-0.25, -0.2) is 0 Å². The Bertz CT molecular complexity index is 280. The predicted molar refractivity (Wildman–Crippen MR) is 47.1 cm³/mol. The van der Waals surface area contributed by atoms with E-state index in [0.29, 0.717) is 0 Å². The van der Waals surface area contributed by atoms with Gasteiger partial charge < -0.3 is 5.32 Å². The summed E-state index contributed by atoms with van der Waals surface area (Å²) in [6.45, 7) is 1.47. The van der Waals surface area contributed by atoms with Crippen LogP contribution in [0.4, 0.5) is 0 Å². The van der Waals surface area contributed by atoms with Crippen molar-refractivity contribution in [3.63, 3.8) is 0 Å². The minimum atomic E-state index is -0.0739. The third-order valence-corrected chi connectivity index (χ3v) is 1.25. The molecule has 0 saturated carbocycles. The van der Waals surface area contributed by atoms with E-state index in [1.165, 1.54) is 6.92 Å². The summed E-state index contributed by atoms with van der Waals surface area (Å²) in [5, 5.41) is 2.55. The highest BCUT2D eigenvalue weighted by Crippen LogP contribution is 1.96. The Kier molecular flexibility index (Phi) is 3.02. The van der Waals surface area contributed by atoms with Crippen LogP contribution in [-0.2, 0) is 4.79 Å². The highest BCUT2D eigenvalue weighted by Gasteiger charge is 1.84. The van der Waals surface area contributed by atoms with Gasteiger partial charge in [-0.2, -0.15) is 0 Å². The van der Waals surface area contributed by atoms with Crippen molar-refractivity contribution in [1.29, 1.82) is 0 Å². The molecule has 0 fully saturated rings. The number of hydrogen-bond acceptors (Lipinski definition) is 2. The van der Waals surface area contributed by atoms with Crippen molar-refractivity contribution in [2.24, 2.45) is 0 Å². The number of carbonyl (C=O) groups excluding carboxylic acids is 1. The first-order valence-corrected chi connectivity index (χ1v) is 3.63. The van der Waals surface area contributed by atoms with Crippen molar-refractivity contribution >= 4 is 12.0 Å². The first-order valence-electron chi connectivity index (χ1n) is 3.63. The molecule has 0 aliphatic rings. The van der Waals surface area contributed by atoms with Gasteiger partial charge in [-0.15, -0.1) is 0 Å². The number of aromatic nitrogens is 1. The number of amides is 1. The smallest absolute Gasteiger partial charge is 0.220 e. The van der Waals surface area contributed by atoms with Gasteiger partial charge in [0.15, 0.2) is 0 Å². The lowest BCUT2D eigenvalue weighted by molar-refractivity contribution is -0.118. The second kappa shape index (κ2) is 4.28. The van der Waals surface area contributed by atoms with E-state index in [1.807, 2.05) is 12.1 Å². The maximum absolute atomic E-state index is 10.5. The van der Waals surface area contributed by atoms with E-state index in [1.54, 1.807) is 24.7 Å². The Hall–Kier alpha value is -1.64. The van der Waals surface area contributed by atoms with Crippen LogP contribution in [-0.4, -0.2) is 10.9 Å². The van der Waals surface area contributed by atoms with Crippen LogP contribution >= 0.6 is 0 Å². The van der Waals surface area contributed by atoms with Gasteiger partial charge in [0.1, 0.15) is 0 Å². The number of nitrogens with one attached hydrogen (secondary N) is 1. The average molecular weight is 162 g/mol. The first-order chi connectivity index (χ1) is 5.79. The van der Waals surface area contributed by atoms with E-state index in [0.717, 1.165) is 5.56 Å². The molecule has 1 amide bonds. The van der Waals surface area contributed by atoms with Gasteiger partial charge in [-0.3, -0.25) is 9.78 Å². The minimum absolute atomic E-state index is 0.0739. The third kappa shape index (κ3) is 2.96. The molecule has 3 heteroatoms. The molecule has 62 valence electrons. The Morgan fingerprint density at radius 3 is 3.08 bits per heavy atom. The lowest BCUT2D eigenvalue weighted by atomic mass is 10.3. The molecule has 0 aliphatic heterocycles. The zero-order valence-corrected chi connectivity index (χ0v) is 6.82. The Morgan fingerprint density at radius 1 is 1.67 bits per heavy atom. The number of pyridine rings is 1. The molecule has 0 atom stereocenters. The van der Waals surface area contributed by atoms with E-state index >= 15 is 0 Å². The van der Waals surface area contributed by atoms with E-state index < -0.39 is 0 Å². The molecule has 0 aromatic carbocycles. The molecule has 0 unspecified atom stereocenters. The monoisotopic (exact) mass is 162 g/mol. The van der Waals surface area contributed by atoms with Gasteiger partial charge in [-0.05, 0) is 17.7 Å². The highest BCUT2D eigenvalue weighted by atomic mass is 16.1. The van der Waals surface area contributed by atoms with Crippen LogP contribution in [0.25, 0.3) is 6.08 Å². The predicted octanol–water partition coefficient (Wildman–Crippen LogP) is 1.19. The lowest BCUT2D eigenvalue weighted by Crippen LogP contribution is -2.10. The highest BCUT2D eigenvalue weighted by molar-refractivity contribution is 5.74. The van der Waals surface area contributed by atoms with Crippen LogP contribution in [0.15, 0.2) is 30.7 Å². The fourth-order valence-corrected chi connectivity index (χ4v) is 0.730. The Morgan fingerprint density at radius 2 is 2.50 bits per heavy atom. The maximum Gasteiger partial charge on any atom is 0.220 e. The Labute approximate surface area is 71.1 Å². The molecule has 1 aromatic heterocycles. The second-order valence-electron chi connectivity index (χ2n) is 2.32. The molecule has 1 N–H and O–H groups in total. The zero-order chi connectivity index (χ0) is 8.81. The number of hydrogen-bond donors (Lipinski definition) is 1. The molecule has 12 heavy (non-hydrogen) atoms. The minimum Gasteiger partial charge on any atom is -0.333 e. The fourth-order valence-electron chi connectivity index (χ4n) is 0.730. The summed E-state index contributed by atoms with van der Waals surface area (Å²) in [6, 6.07) is 3.75. The van der Waals surface area contributed by atoms with Gasteiger partial charge in [0.25, 0.3) is 0 Å². The van der Waals surface area contributed by atoms with Gasteiger partial charge in [0.2, 0.25) is 5.91 Å². The van der Waals surface area contributed by atoms with Crippen LogP contribution < -0.4 is 5.32 Å². The summed E-state index contributed by atoms with van der Waals surface area (Å²) in [5.41, 5.74) is 0.964. The van der Waals surface area contributed by atoms with Crippen LogP contribution in [0.5, 0.6) is 0 Å². The summed E-state index contributed by atoms with van der Waals surface area (Å²) in [7, 11) is 0. The quantitative estimate of drug-likeness (QED) is 0.709. The maximum atomic E-state index is 10.5. The summed E-state index contributed by atoms with van der Waals surface area (Å²) in [4.78, 5) is 14.4. The summed E-state index contributed by atoms with van der Waals surface area (Å²) >= 11 is 0. The van der Waals surface area contributed by atoms with Crippen molar-refractivity contribution < 1.29 is 4.79 Å². The van der Waals surface area contributed by atoms with Crippen LogP contribution in [0.1, 0.15) is 12.5 Å². The summed E-state index contributed by atoms with van der Waals surface area (Å²) in [5.74, 6) is -0.0739. The van der Waals surface area contributed by atoms with Gasteiger partial charge in [-0.1, -0.05) is 6.07 Å². The number of rotatable bonds is 2. The van der Waals surface area contributed by atoms with Gasteiger partial charge >= 0.3 is 0 Å². The van der Waals surface area contributed by atoms with Gasteiger partial charge in [0, 0.05) is 25.5 Å². The molecule has 1 aromatic rings. The lowest BCUT2D eigenvalue weighted by Gasteiger charge is -1.91. The number of carbonyl (C=O) groups is 1. The van der Waals surface area contributed by atoms with E-state index in [4.69, 9.17) is 0 Å². The third-order valence-electron chi connectivity index (χ3n) is 1.25. The van der Waals surface area contributed by atoms with Crippen LogP contribution in [0, 0.1) is 0 Å². The van der Waals surface area contributed by atoms with Crippen LogP contribution in [0.2, 0.25) is 0 Å². The standard InChI is InChI=1S/C9H10N2O/c1-8(12)11-6-4-9-3-2-5-10-7-9/h2-7H,1H3,(H,11,12)/b6-4+. The normalized spacial score (nSPS) is 10.1. The zero-order valence-electron chi connectivity index (χ0n) is 6.82. The van der Waals surface area contributed by atoms with Crippen molar-refractivity contribution in [2.45, 2.75) is 6.92 Å². The van der Waals surface area contributed by atoms with E-state index in [-0.39, 0.29) is 5.91 Å². The van der Waals surface area contributed by atoms with E-state index in [9.17, 15) is 4.79 Å². The first kappa shape index (κ1) is 8.46. The topological polar surface area (TPSA) is 42.0 Å². The molecule has 1 heterocycles. The van der Waals surface area contributed by atoms with Crippen molar-refractivity contribution in [2.75, 3.05) is 0 Å². The fraction of sp³-hybridized carbons (Fsp3) is 0.111. The van der Waals surface area contributed by atoms with Gasteiger partial charge in [0.05, 0.1) is 0 Å². The molecular weight excluding hydrogens is 152 g/mol. The summed E-state index contributed by atoms with van der Waals surface area (Å²) in [6.07, 6.45) is 6.81. The molecular formula is C9H10N2O. The molecule has 0 radical (unpaired) electrons. The molecule has 0 spiro atoms. The van der Waals surface area contributed by atoms with Crippen molar-refractivity contribution in [1.82, 2.24) is 10.3 Å². The Balaban J connectivity index is 2.52. The van der Waals surface area contributed by atoms with Crippen molar-refractivity contribution in [3.8, 4) is 0 Å². The average Bonchev–Trinajstić information content (AvgIpc) is 2.05. The molecule has 1 rings (SSSR count). The van der Waals surface area contributed by atoms with E-state index in [2.05, 4.69) is 10.3 Å². The summed E-state index contributed by atoms with van der Waals surface area (Å²) < 4.78 is 0. The number of nitrogens with zero attached hydrogens (tertiary/aromatic N) is 1. The molecule has 0 bridgehead atoms. The van der Waals surface area contributed by atoms with Crippen LogP contribution in [0.3, 0.4) is 0 Å². The van der Waals surface area contributed by atoms with Crippen molar-refractivity contribution in [3.05, 3.63) is 36.3 Å². The largest absolute Gasteiger partial charge is 0.333 e. The second-order valence-corrected chi connectivity index (χ2v) is 2.32. The SMILES string of the molecule is CC(=O)N/C=C/c1cccnc1. The molecule has 0 saturated heterocycles. The molecule has 3 nitrogen and oxygen atoms in total. The molecule has 0 aliphatic carbocycles.